The van der Waals surface area contributed by atoms with Crippen molar-refractivity contribution in [1.82, 2.24) is 4.90 Å². The Labute approximate surface area is 210 Å². The zero-order chi connectivity index (χ0) is 21.7. The number of aliphatic carboxylic acids is 1. The van der Waals surface area contributed by atoms with Gasteiger partial charge in [-0.05, 0) is 63.5 Å². The van der Waals surface area contributed by atoms with Crippen molar-refractivity contribution in [3.63, 3.8) is 0 Å². The number of hydrogen-bond donors (Lipinski definition) is 0. The smallest absolute Gasteiger partial charge is 0.549 e. The van der Waals surface area contributed by atoms with Crippen LogP contribution in [0.5, 0.6) is 0 Å². The molecule has 0 radical (unpaired) electrons. The third kappa shape index (κ3) is 22.6. The molecule has 0 aromatic rings. The van der Waals surface area contributed by atoms with Gasteiger partial charge in [0.2, 0.25) is 0 Å². The van der Waals surface area contributed by atoms with Gasteiger partial charge >= 0.3 is 29.6 Å². The second-order valence-electron chi connectivity index (χ2n) is 8.74. The zero-order valence-corrected chi connectivity index (χ0v) is 22.8. The number of allylic oxidation sites excluding steroid dienone is 4. The molecule has 0 N–H and O–H groups in total. The van der Waals surface area contributed by atoms with Gasteiger partial charge in [0.15, 0.2) is 0 Å². The van der Waals surface area contributed by atoms with Crippen molar-refractivity contribution in [3.05, 3.63) is 24.3 Å². The summed E-state index contributed by atoms with van der Waals surface area (Å²) in [7, 11) is 0. The van der Waals surface area contributed by atoms with Crippen LogP contribution in [0.1, 0.15) is 105 Å². The van der Waals surface area contributed by atoms with Crippen LogP contribution in [0.3, 0.4) is 0 Å². The van der Waals surface area contributed by atoms with Gasteiger partial charge in [-0.3, -0.25) is 4.90 Å². The predicted octanol–water partition coefficient (Wildman–Crippen LogP) is 3.15. The van der Waals surface area contributed by atoms with Crippen LogP contribution in [0.25, 0.3) is 0 Å². The summed E-state index contributed by atoms with van der Waals surface area (Å²) in [4.78, 5) is 13.2. The molecule has 30 heavy (non-hydrogen) atoms. The first-order chi connectivity index (χ1) is 14.0. The van der Waals surface area contributed by atoms with E-state index in [2.05, 4.69) is 52.0 Å². The summed E-state index contributed by atoms with van der Waals surface area (Å²) in [6.07, 6.45) is 23.9. The largest absolute Gasteiger partial charge is 1.00 e. The summed E-state index contributed by atoms with van der Waals surface area (Å²) in [6, 6.07) is 0. The standard InChI is InChI=1S/C26H49NO2.Na/c1-5-7-9-11-13-15-17-24(3)19-21-27(23-26(28)29)22-20-25(4)18-16-14-12-10-8-6-2;/h15-18,24-25H,5-14,19-23H2,1-4H3,(H,28,29);/q;+1/p-1/b17-15+,18-16+;. The Morgan fingerprint density at radius 3 is 1.60 bits per heavy atom. The Balaban J connectivity index is 0. The molecular weight excluding hydrogens is 381 g/mol. The monoisotopic (exact) mass is 429 g/mol. The van der Waals surface area contributed by atoms with Gasteiger partial charge in [-0.25, -0.2) is 0 Å². The number of carboxylic acids is 1. The molecule has 170 valence electrons. The minimum Gasteiger partial charge on any atom is -0.549 e. The van der Waals surface area contributed by atoms with Gasteiger partial charge in [-0.2, -0.15) is 0 Å². The van der Waals surface area contributed by atoms with Crippen molar-refractivity contribution in [1.29, 1.82) is 0 Å². The predicted molar refractivity (Wildman–Crippen MR) is 125 cm³/mol. The normalized spacial score (nSPS) is 13.8. The maximum atomic E-state index is 11.1. The van der Waals surface area contributed by atoms with Gasteiger partial charge in [-0.1, -0.05) is 90.5 Å². The Kier molecular flexibility index (Phi) is 25.2. The second-order valence-corrected chi connectivity index (χ2v) is 8.74. The van der Waals surface area contributed by atoms with E-state index in [4.69, 9.17) is 0 Å². The Bertz CT molecular complexity index is 405. The first-order valence-corrected chi connectivity index (χ1v) is 12.2. The van der Waals surface area contributed by atoms with Crippen LogP contribution >= 0.6 is 0 Å². The van der Waals surface area contributed by atoms with Crippen molar-refractivity contribution < 1.29 is 39.5 Å². The van der Waals surface area contributed by atoms with Crippen LogP contribution in [0, 0.1) is 11.8 Å². The van der Waals surface area contributed by atoms with Crippen LogP contribution in [0.15, 0.2) is 24.3 Å². The third-order valence-electron chi connectivity index (χ3n) is 5.53. The van der Waals surface area contributed by atoms with E-state index in [1.54, 1.807) is 0 Å². The number of carbonyl (C=O) groups is 1. The van der Waals surface area contributed by atoms with Crippen molar-refractivity contribution in [3.8, 4) is 0 Å². The average molecular weight is 430 g/mol. The summed E-state index contributed by atoms with van der Waals surface area (Å²) in [6.45, 7) is 10.6. The maximum Gasteiger partial charge on any atom is 1.00 e. The summed E-state index contributed by atoms with van der Waals surface area (Å²) < 4.78 is 0. The Morgan fingerprint density at radius 1 is 0.800 bits per heavy atom. The molecule has 0 amide bonds. The van der Waals surface area contributed by atoms with E-state index in [0.29, 0.717) is 11.8 Å². The molecule has 0 saturated heterocycles. The minimum atomic E-state index is -0.969. The number of unbranched alkanes of at least 4 members (excludes halogenated alkanes) is 8. The van der Waals surface area contributed by atoms with Crippen LogP contribution in [-0.4, -0.2) is 30.5 Å². The second kappa shape index (κ2) is 23.6. The summed E-state index contributed by atoms with van der Waals surface area (Å²) in [5.41, 5.74) is 0. The Hall–Kier alpha value is -0.0900. The molecule has 0 heterocycles. The topological polar surface area (TPSA) is 43.4 Å². The van der Waals surface area contributed by atoms with E-state index < -0.39 is 5.97 Å². The molecule has 0 spiro atoms. The molecule has 0 bridgehead atoms. The molecular formula is C26H48NNaO2. The summed E-state index contributed by atoms with van der Waals surface area (Å²) in [5.74, 6) is 0.0139. The van der Waals surface area contributed by atoms with E-state index in [-0.39, 0.29) is 36.1 Å². The molecule has 0 aromatic heterocycles. The number of rotatable bonds is 20. The van der Waals surface area contributed by atoms with Crippen molar-refractivity contribution in [2.45, 2.75) is 105 Å². The SMILES string of the molecule is CCCCCC/C=C/C(C)CCN(CCC(C)/C=C/CCCCCC)CC(=O)[O-].[Na+]. The quantitative estimate of drug-likeness (QED) is 0.170. The average Bonchev–Trinajstić information content (AvgIpc) is 2.69. The molecule has 0 aliphatic rings. The van der Waals surface area contributed by atoms with Gasteiger partial charge in [0, 0.05) is 6.54 Å². The van der Waals surface area contributed by atoms with Crippen molar-refractivity contribution in [2.24, 2.45) is 11.8 Å². The fourth-order valence-corrected chi connectivity index (χ4v) is 3.45. The van der Waals surface area contributed by atoms with Gasteiger partial charge < -0.3 is 9.90 Å². The van der Waals surface area contributed by atoms with Crippen LogP contribution in [0.4, 0.5) is 0 Å². The molecule has 0 rings (SSSR count). The molecule has 2 atom stereocenters. The van der Waals surface area contributed by atoms with Gasteiger partial charge in [0.05, 0.1) is 5.97 Å². The first kappa shape index (κ1) is 32.1. The molecule has 0 aliphatic heterocycles. The minimum absolute atomic E-state index is 0. The van der Waals surface area contributed by atoms with Crippen LogP contribution in [-0.2, 0) is 4.79 Å². The van der Waals surface area contributed by atoms with E-state index >= 15 is 0 Å². The van der Waals surface area contributed by atoms with E-state index in [0.717, 1.165) is 38.8 Å². The van der Waals surface area contributed by atoms with Crippen LogP contribution < -0.4 is 34.7 Å². The van der Waals surface area contributed by atoms with Gasteiger partial charge in [0.25, 0.3) is 0 Å². The number of nitrogens with zero attached hydrogens (tertiary/aromatic N) is 1. The van der Waals surface area contributed by atoms with E-state index in [9.17, 15) is 9.90 Å². The molecule has 2 unspecified atom stereocenters. The number of carbonyl (C=O) groups excluding carboxylic acids is 1. The van der Waals surface area contributed by atoms with E-state index in [1.807, 2.05) is 4.90 Å². The van der Waals surface area contributed by atoms with E-state index in [1.165, 1.54) is 51.4 Å². The summed E-state index contributed by atoms with van der Waals surface area (Å²) in [5, 5.41) is 11.1. The maximum absolute atomic E-state index is 11.1. The molecule has 0 fully saturated rings. The zero-order valence-electron chi connectivity index (χ0n) is 20.8. The molecule has 0 saturated carbocycles. The molecule has 4 heteroatoms. The number of carboxylic acid groups (broad SMARTS) is 1. The van der Waals surface area contributed by atoms with Crippen molar-refractivity contribution >= 4 is 5.97 Å². The third-order valence-corrected chi connectivity index (χ3v) is 5.53. The van der Waals surface area contributed by atoms with Crippen molar-refractivity contribution in [2.75, 3.05) is 19.6 Å². The summed E-state index contributed by atoms with van der Waals surface area (Å²) >= 11 is 0. The number of hydrogen-bond acceptors (Lipinski definition) is 3. The molecule has 0 aromatic carbocycles. The first-order valence-electron chi connectivity index (χ1n) is 12.2. The van der Waals surface area contributed by atoms with Gasteiger partial charge in [-0.15, -0.1) is 0 Å². The van der Waals surface area contributed by atoms with Gasteiger partial charge in [0.1, 0.15) is 0 Å². The molecule has 0 aliphatic carbocycles. The Morgan fingerprint density at radius 2 is 1.23 bits per heavy atom. The fourth-order valence-electron chi connectivity index (χ4n) is 3.45. The van der Waals surface area contributed by atoms with Crippen LogP contribution in [0.2, 0.25) is 0 Å². The molecule has 3 nitrogen and oxygen atoms in total. The fraction of sp³-hybridized carbons (Fsp3) is 0.808.